The van der Waals surface area contributed by atoms with Crippen molar-refractivity contribution in [3.8, 4) is 0 Å². The fraction of sp³-hybridized carbons (Fsp3) is 0.316. The molecule has 0 unspecified atom stereocenters. The summed E-state index contributed by atoms with van der Waals surface area (Å²) in [6.45, 7) is 4.03. The molecule has 27 heavy (non-hydrogen) atoms. The minimum absolute atomic E-state index is 0.139. The third-order valence-corrected chi connectivity index (χ3v) is 5.29. The molecule has 0 aliphatic carbocycles. The Kier molecular flexibility index (Phi) is 5.57. The molecule has 0 atom stereocenters. The summed E-state index contributed by atoms with van der Waals surface area (Å²) in [5.41, 5.74) is 2.24. The molecule has 0 saturated heterocycles. The highest BCUT2D eigenvalue weighted by molar-refractivity contribution is 7.17. The SMILES string of the molecule is COCCn1c(=O)c2sccc2n(CC(=O)Nc2c(C)cccc2C)c1=O. The van der Waals surface area contributed by atoms with Gasteiger partial charge in [-0.1, -0.05) is 18.2 Å². The Balaban J connectivity index is 1.99. The van der Waals surface area contributed by atoms with Crippen LogP contribution in [0, 0.1) is 13.8 Å². The first-order valence-electron chi connectivity index (χ1n) is 8.50. The quantitative estimate of drug-likeness (QED) is 0.702. The average molecular weight is 387 g/mol. The highest BCUT2D eigenvalue weighted by Gasteiger charge is 2.17. The molecule has 1 amide bonds. The third kappa shape index (κ3) is 3.72. The lowest BCUT2D eigenvalue weighted by molar-refractivity contribution is -0.116. The van der Waals surface area contributed by atoms with Gasteiger partial charge in [0.1, 0.15) is 11.2 Å². The van der Waals surface area contributed by atoms with E-state index in [1.165, 1.54) is 23.0 Å². The Labute approximate surface area is 159 Å². The number of aryl methyl sites for hydroxylation is 2. The van der Waals surface area contributed by atoms with E-state index in [0.717, 1.165) is 21.4 Å². The van der Waals surface area contributed by atoms with Gasteiger partial charge in [-0.25, -0.2) is 4.79 Å². The van der Waals surface area contributed by atoms with Gasteiger partial charge in [0.2, 0.25) is 5.91 Å². The average Bonchev–Trinajstić information content (AvgIpc) is 3.12. The molecule has 2 aromatic heterocycles. The lowest BCUT2D eigenvalue weighted by Crippen LogP contribution is -2.42. The fourth-order valence-electron chi connectivity index (χ4n) is 3.00. The fourth-order valence-corrected chi connectivity index (χ4v) is 3.84. The molecule has 0 radical (unpaired) electrons. The van der Waals surface area contributed by atoms with Gasteiger partial charge in [-0.15, -0.1) is 11.3 Å². The number of hydrogen-bond acceptors (Lipinski definition) is 5. The topological polar surface area (TPSA) is 82.3 Å². The van der Waals surface area contributed by atoms with Crippen molar-refractivity contribution in [2.45, 2.75) is 26.9 Å². The first kappa shape index (κ1) is 19.1. The molecule has 7 nitrogen and oxygen atoms in total. The van der Waals surface area contributed by atoms with Crippen LogP contribution in [0.5, 0.6) is 0 Å². The second-order valence-corrected chi connectivity index (χ2v) is 7.18. The van der Waals surface area contributed by atoms with Crippen molar-refractivity contribution in [3.05, 3.63) is 61.6 Å². The van der Waals surface area contributed by atoms with Crippen LogP contribution >= 0.6 is 11.3 Å². The van der Waals surface area contributed by atoms with Crippen molar-refractivity contribution in [3.63, 3.8) is 0 Å². The lowest BCUT2D eigenvalue weighted by atomic mass is 10.1. The molecule has 3 aromatic rings. The van der Waals surface area contributed by atoms with Crippen LogP contribution in [-0.4, -0.2) is 28.8 Å². The number of nitrogens with one attached hydrogen (secondary N) is 1. The molecular weight excluding hydrogens is 366 g/mol. The molecule has 1 N–H and O–H groups in total. The van der Waals surface area contributed by atoms with Crippen molar-refractivity contribution >= 4 is 33.1 Å². The zero-order chi connectivity index (χ0) is 19.6. The summed E-state index contributed by atoms with van der Waals surface area (Å²) in [4.78, 5) is 38.0. The van der Waals surface area contributed by atoms with Crippen molar-refractivity contribution in [1.29, 1.82) is 0 Å². The molecule has 0 aliphatic heterocycles. The molecule has 0 saturated carbocycles. The van der Waals surface area contributed by atoms with Crippen LogP contribution < -0.4 is 16.6 Å². The van der Waals surface area contributed by atoms with Crippen molar-refractivity contribution < 1.29 is 9.53 Å². The second-order valence-electron chi connectivity index (χ2n) is 6.27. The first-order valence-corrected chi connectivity index (χ1v) is 9.38. The zero-order valence-electron chi connectivity index (χ0n) is 15.4. The van der Waals surface area contributed by atoms with Crippen molar-refractivity contribution in [2.24, 2.45) is 0 Å². The van der Waals surface area contributed by atoms with Gasteiger partial charge in [-0.05, 0) is 36.4 Å². The second kappa shape index (κ2) is 7.89. The number of amides is 1. The van der Waals surface area contributed by atoms with Gasteiger partial charge in [0.25, 0.3) is 5.56 Å². The highest BCUT2D eigenvalue weighted by Crippen LogP contribution is 2.20. The number of aromatic nitrogens is 2. The Morgan fingerprint density at radius 3 is 2.52 bits per heavy atom. The van der Waals surface area contributed by atoms with Crippen molar-refractivity contribution in [1.82, 2.24) is 9.13 Å². The van der Waals surface area contributed by atoms with Gasteiger partial charge < -0.3 is 10.1 Å². The minimum atomic E-state index is -0.514. The summed E-state index contributed by atoms with van der Waals surface area (Å²) in [6.07, 6.45) is 0. The number of carbonyl (C=O) groups excluding carboxylic acids is 1. The van der Waals surface area contributed by atoms with Crippen LogP contribution in [0.4, 0.5) is 5.69 Å². The number of ether oxygens (including phenoxy) is 1. The van der Waals surface area contributed by atoms with Gasteiger partial charge >= 0.3 is 5.69 Å². The highest BCUT2D eigenvalue weighted by atomic mass is 32.1. The van der Waals surface area contributed by atoms with E-state index < -0.39 is 5.69 Å². The van der Waals surface area contributed by atoms with Crippen LogP contribution in [0.2, 0.25) is 0 Å². The van der Waals surface area contributed by atoms with E-state index in [1.54, 1.807) is 11.4 Å². The minimum Gasteiger partial charge on any atom is -0.383 e. The van der Waals surface area contributed by atoms with E-state index in [4.69, 9.17) is 4.74 Å². The van der Waals surface area contributed by atoms with Gasteiger partial charge in [0.05, 0.1) is 18.7 Å². The molecule has 0 fully saturated rings. The van der Waals surface area contributed by atoms with E-state index in [9.17, 15) is 14.4 Å². The summed E-state index contributed by atoms with van der Waals surface area (Å²) >= 11 is 1.25. The first-order chi connectivity index (χ1) is 12.9. The number of thiophene rings is 1. The Morgan fingerprint density at radius 1 is 1.15 bits per heavy atom. The van der Waals surface area contributed by atoms with Crippen LogP contribution in [-0.2, 0) is 22.6 Å². The number of para-hydroxylation sites is 1. The van der Waals surface area contributed by atoms with E-state index in [0.29, 0.717) is 10.2 Å². The number of fused-ring (bicyclic) bond motifs is 1. The Morgan fingerprint density at radius 2 is 1.85 bits per heavy atom. The Bertz CT molecular complexity index is 1090. The van der Waals surface area contributed by atoms with Crippen LogP contribution in [0.15, 0.2) is 39.2 Å². The molecular formula is C19H21N3O4S. The summed E-state index contributed by atoms with van der Waals surface area (Å²) in [7, 11) is 1.51. The van der Waals surface area contributed by atoms with Gasteiger partial charge in [0.15, 0.2) is 0 Å². The number of rotatable bonds is 6. The molecule has 3 rings (SSSR count). The number of methoxy groups -OCH3 is 1. The summed E-state index contributed by atoms with van der Waals surface area (Å²) in [5, 5.41) is 4.62. The van der Waals surface area contributed by atoms with Crippen LogP contribution in [0.25, 0.3) is 10.2 Å². The van der Waals surface area contributed by atoms with Crippen LogP contribution in [0.3, 0.4) is 0 Å². The normalized spacial score (nSPS) is 11.1. The molecule has 0 aliphatic rings. The maximum absolute atomic E-state index is 12.8. The van der Waals surface area contributed by atoms with E-state index in [1.807, 2.05) is 32.0 Å². The number of nitrogens with zero attached hydrogens (tertiary/aromatic N) is 2. The maximum atomic E-state index is 12.8. The lowest BCUT2D eigenvalue weighted by Gasteiger charge is -2.14. The largest absolute Gasteiger partial charge is 0.383 e. The Hall–Kier alpha value is -2.71. The number of anilines is 1. The van der Waals surface area contributed by atoms with Gasteiger partial charge in [0, 0.05) is 12.8 Å². The maximum Gasteiger partial charge on any atom is 0.332 e. The third-order valence-electron chi connectivity index (χ3n) is 4.40. The van der Waals surface area contributed by atoms with Crippen molar-refractivity contribution in [2.75, 3.05) is 19.0 Å². The predicted molar refractivity (Wildman–Crippen MR) is 107 cm³/mol. The number of benzene rings is 1. The molecule has 1 aromatic carbocycles. The zero-order valence-corrected chi connectivity index (χ0v) is 16.3. The summed E-state index contributed by atoms with van der Waals surface area (Å²) < 4.78 is 7.90. The van der Waals surface area contributed by atoms with Crippen LogP contribution in [0.1, 0.15) is 11.1 Å². The van der Waals surface area contributed by atoms with E-state index in [2.05, 4.69) is 5.32 Å². The molecule has 142 valence electrons. The summed E-state index contributed by atoms with van der Waals surface area (Å²) in [5.74, 6) is -0.320. The molecule has 8 heteroatoms. The molecule has 0 spiro atoms. The van der Waals surface area contributed by atoms with Gasteiger partial charge in [-0.3, -0.25) is 18.7 Å². The smallest absolute Gasteiger partial charge is 0.332 e. The van der Waals surface area contributed by atoms with Gasteiger partial charge in [-0.2, -0.15) is 0 Å². The summed E-state index contributed by atoms with van der Waals surface area (Å²) in [6, 6.07) is 7.44. The number of hydrogen-bond donors (Lipinski definition) is 1. The standard InChI is InChI=1S/C19H21N3O4S/c1-12-5-4-6-13(2)16(12)20-15(23)11-22-14-7-10-27-17(14)18(24)21(19(22)25)8-9-26-3/h4-7,10H,8-9,11H2,1-3H3,(H,20,23). The molecule has 2 heterocycles. The van der Waals surface area contributed by atoms with E-state index >= 15 is 0 Å². The van der Waals surface area contributed by atoms with E-state index in [-0.39, 0.29) is 31.2 Å². The monoisotopic (exact) mass is 387 g/mol. The predicted octanol–water partition coefficient (Wildman–Crippen LogP) is 2.13. The molecule has 0 bridgehead atoms. The number of carbonyl (C=O) groups is 1.